The molecule has 0 spiro atoms. The van der Waals surface area contributed by atoms with Gasteiger partial charge in [0.25, 0.3) is 5.56 Å². The van der Waals surface area contributed by atoms with E-state index in [4.69, 9.17) is 30.9 Å². The van der Waals surface area contributed by atoms with Crippen LogP contribution in [0, 0.1) is 6.92 Å². The van der Waals surface area contributed by atoms with E-state index in [1.807, 2.05) is 0 Å². The second kappa shape index (κ2) is 8.00. The quantitative estimate of drug-likeness (QED) is 0.478. The monoisotopic (exact) mass is 426 g/mol. The molecule has 4 N–H and O–H groups in total. The average Bonchev–Trinajstić information content (AvgIpc) is 2.90. The van der Waals surface area contributed by atoms with Crippen molar-refractivity contribution in [2.45, 2.75) is 38.7 Å². The van der Waals surface area contributed by atoms with Crippen molar-refractivity contribution in [1.82, 2.24) is 9.55 Å². The minimum atomic E-state index is -4.38. The minimum Gasteiger partial charge on any atom is -0.348 e. The Bertz CT molecular complexity index is 904. The number of aromatic amines is 1. The molecule has 146 valence electrons. The Kier molecular flexibility index (Phi) is 6.58. The van der Waals surface area contributed by atoms with Crippen LogP contribution in [0.25, 0.3) is 0 Å². The Morgan fingerprint density at radius 1 is 1.46 bits per heavy atom. The van der Waals surface area contributed by atoms with Gasteiger partial charge in [0.2, 0.25) is 0 Å². The Morgan fingerprint density at radius 2 is 2.12 bits per heavy atom. The number of aryl methyl sites for hydroxylation is 1. The van der Waals surface area contributed by atoms with Crippen LogP contribution in [-0.4, -0.2) is 42.6 Å². The first-order valence-corrected chi connectivity index (χ1v) is 12.2. The number of nitrogens with zero attached hydrogens (tertiary/aromatic N) is 1. The molecule has 2 heterocycles. The molecule has 1 unspecified atom stereocenters. The first kappa shape index (κ1) is 21.4. The third-order valence-electron chi connectivity index (χ3n) is 3.71. The van der Waals surface area contributed by atoms with Crippen LogP contribution in [0.5, 0.6) is 0 Å². The number of nitrogens with one attached hydrogen (secondary N) is 1. The van der Waals surface area contributed by atoms with Crippen molar-refractivity contribution in [1.29, 1.82) is 0 Å². The van der Waals surface area contributed by atoms with Crippen LogP contribution in [0.15, 0.2) is 27.7 Å². The second-order valence-corrected chi connectivity index (χ2v) is 11.1. The lowest BCUT2D eigenvalue weighted by molar-refractivity contribution is -0.0201. The lowest BCUT2D eigenvalue weighted by Gasteiger charge is -2.24. The normalized spacial score (nSPS) is 26.3. The highest BCUT2D eigenvalue weighted by Gasteiger charge is 2.39. The Morgan fingerprint density at radius 3 is 2.69 bits per heavy atom. The van der Waals surface area contributed by atoms with Crippen LogP contribution in [0.3, 0.4) is 0 Å². The van der Waals surface area contributed by atoms with Crippen molar-refractivity contribution in [2.24, 2.45) is 0 Å². The first-order chi connectivity index (χ1) is 11.9. The van der Waals surface area contributed by atoms with Crippen LogP contribution in [0.1, 0.15) is 25.1 Å². The van der Waals surface area contributed by atoms with Gasteiger partial charge in [-0.2, -0.15) is 0 Å². The van der Waals surface area contributed by atoms with Crippen molar-refractivity contribution in [2.75, 3.05) is 6.16 Å². The van der Waals surface area contributed by atoms with Gasteiger partial charge in [-0.25, -0.2) is 4.79 Å². The summed E-state index contributed by atoms with van der Waals surface area (Å²) in [6.07, 6.45) is 0.158. The van der Waals surface area contributed by atoms with Crippen LogP contribution >= 0.6 is 14.1 Å². The van der Waals surface area contributed by atoms with E-state index in [2.05, 4.69) is 4.98 Å². The van der Waals surface area contributed by atoms with Crippen molar-refractivity contribution >= 4 is 25.9 Å². The third kappa shape index (κ3) is 5.55. The molecule has 0 bridgehead atoms. The maximum Gasteiger partial charge on any atom is 0.348 e. The molecule has 0 aromatic carbocycles. The summed E-state index contributed by atoms with van der Waals surface area (Å²) in [5.74, 6) is 0.701. The summed E-state index contributed by atoms with van der Waals surface area (Å²) in [6, 6.07) is 0. The molecule has 4 atom stereocenters. The zero-order valence-corrected chi connectivity index (χ0v) is 16.6. The van der Waals surface area contributed by atoms with E-state index in [1.54, 1.807) is 6.92 Å². The number of ether oxygens (including phenoxy) is 1. The van der Waals surface area contributed by atoms with Crippen LogP contribution in [0.2, 0.25) is 0 Å². The summed E-state index contributed by atoms with van der Waals surface area (Å²) in [5, 5.41) is 0. The molecule has 0 aliphatic carbocycles. The summed E-state index contributed by atoms with van der Waals surface area (Å²) in [4.78, 5) is 53.9. The maximum atomic E-state index is 12.1. The highest BCUT2D eigenvalue weighted by atomic mass is 32.5. The number of hydrogen-bond acceptors (Lipinski definition) is 6. The number of rotatable bonds is 6. The molecule has 0 amide bonds. The topological polar surface area (TPSA) is 151 Å². The summed E-state index contributed by atoms with van der Waals surface area (Å²) >= 11 is 5.03. The first-order valence-electron chi connectivity index (χ1n) is 7.64. The summed E-state index contributed by atoms with van der Waals surface area (Å²) in [5.41, 5.74) is -1.01. The highest BCUT2D eigenvalue weighted by molar-refractivity contribution is 8.09. The molecule has 2 rings (SSSR count). The highest BCUT2D eigenvalue weighted by Crippen LogP contribution is 2.48. The van der Waals surface area contributed by atoms with Crippen molar-refractivity contribution in [3.63, 3.8) is 0 Å². The Labute approximate surface area is 153 Å². The molecule has 10 nitrogen and oxygen atoms in total. The van der Waals surface area contributed by atoms with Crippen LogP contribution < -0.4 is 11.2 Å². The zero-order valence-electron chi connectivity index (χ0n) is 14.0. The fourth-order valence-corrected chi connectivity index (χ4v) is 3.91. The molecule has 1 fully saturated rings. The van der Waals surface area contributed by atoms with Gasteiger partial charge in [0.15, 0.2) is 12.7 Å². The molecule has 1 aliphatic heterocycles. The van der Waals surface area contributed by atoms with Gasteiger partial charge in [-0.3, -0.25) is 18.9 Å². The van der Waals surface area contributed by atoms with Crippen molar-refractivity contribution < 1.29 is 28.5 Å². The Balaban J connectivity index is 2.39. The van der Waals surface area contributed by atoms with Crippen molar-refractivity contribution in [3.8, 4) is 0 Å². The van der Waals surface area contributed by atoms with Gasteiger partial charge in [0, 0.05) is 30.2 Å². The van der Waals surface area contributed by atoms with Crippen LogP contribution in [-0.2, 0) is 25.6 Å². The molecule has 0 saturated carbocycles. The van der Waals surface area contributed by atoms with Crippen LogP contribution in [0.4, 0.5) is 0 Å². The summed E-state index contributed by atoms with van der Waals surface area (Å²) < 4.78 is 23.4. The van der Waals surface area contributed by atoms with E-state index in [0.29, 0.717) is 5.82 Å². The van der Waals surface area contributed by atoms with E-state index >= 15 is 0 Å². The molecule has 1 aliphatic rings. The number of hydrogen-bond donors (Lipinski definition) is 4. The molecule has 0 radical (unpaired) electrons. The maximum absolute atomic E-state index is 12.1. The van der Waals surface area contributed by atoms with E-state index < -0.39 is 43.8 Å². The van der Waals surface area contributed by atoms with Gasteiger partial charge in [0.05, 0.1) is 6.10 Å². The number of H-pyrrole nitrogens is 1. The predicted octanol–water partition coefficient (Wildman–Crippen LogP) is 0.531. The second-order valence-electron chi connectivity index (χ2n) is 5.81. The lowest BCUT2D eigenvalue weighted by atomic mass is 10.2. The van der Waals surface area contributed by atoms with Gasteiger partial charge < -0.3 is 23.9 Å². The molecule has 1 aromatic heterocycles. The van der Waals surface area contributed by atoms with E-state index in [9.17, 15) is 19.0 Å². The minimum absolute atomic E-state index is 0.116. The molecular formula is C13H20N2O8P2S. The number of aromatic nitrogens is 2. The fraction of sp³-hybridized carbons (Fsp3) is 0.538. The molecule has 13 heteroatoms. The molecular weight excluding hydrogens is 406 g/mol. The SMILES string of the molecule is CCP(O)(=S)O[C@@H]1C[C@@H](/C=C/P(=O)(O)O)O[C@H]1n1cc(C)c(=O)[nH]c1=O. The van der Waals surface area contributed by atoms with Gasteiger partial charge in [-0.15, -0.1) is 0 Å². The summed E-state index contributed by atoms with van der Waals surface area (Å²) in [6.45, 7) is 0.0605. The smallest absolute Gasteiger partial charge is 0.348 e. The third-order valence-corrected chi connectivity index (χ3v) is 6.70. The van der Waals surface area contributed by atoms with Gasteiger partial charge in [-0.1, -0.05) is 6.92 Å². The van der Waals surface area contributed by atoms with Gasteiger partial charge in [-0.05, 0) is 24.8 Å². The standard InChI is InChI=1S/C13H20N2O8P2S/c1-3-25(21,26)23-10-6-9(4-5-24(18,19)20)22-12(10)15-7-8(2)11(16)14-13(15)17/h4-5,7,9-10,12H,3,6H2,1-2H3,(H,21,26)(H,14,16,17)(H2,18,19,20)/b5-4+/t9-,10-,12-,25?/m1/s1. The van der Waals surface area contributed by atoms with Gasteiger partial charge >= 0.3 is 13.3 Å². The molecule has 26 heavy (non-hydrogen) atoms. The molecule has 1 saturated heterocycles. The predicted molar refractivity (Wildman–Crippen MR) is 97.7 cm³/mol. The van der Waals surface area contributed by atoms with E-state index in [1.165, 1.54) is 19.2 Å². The summed E-state index contributed by atoms with van der Waals surface area (Å²) in [7, 11) is -4.38. The fourth-order valence-electron chi connectivity index (χ4n) is 2.40. The van der Waals surface area contributed by atoms with Gasteiger partial charge in [0.1, 0.15) is 6.10 Å². The van der Waals surface area contributed by atoms with E-state index in [0.717, 1.165) is 4.57 Å². The lowest BCUT2D eigenvalue weighted by Crippen LogP contribution is -2.36. The average molecular weight is 426 g/mol. The largest absolute Gasteiger partial charge is 0.348 e. The molecule has 1 aromatic rings. The Hall–Kier alpha value is -0.900. The zero-order chi connectivity index (χ0) is 19.7. The van der Waals surface area contributed by atoms with Crippen molar-refractivity contribution in [3.05, 3.63) is 44.5 Å². The van der Waals surface area contributed by atoms with E-state index in [-0.39, 0.29) is 18.1 Å².